The lowest BCUT2D eigenvalue weighted by Crippen LogP contribution is -2.30. The minimum Gasteiger partial charge on any atom is -0.0628 e. The summed E-state index contributed by atoms with van der Waals surface area (Å²) in [5, 5.41) is 0. The van der Waals surface area contributed by atoms with E-state index in [1.807, 2.05) is 0 Å². The van der Waals surface area contributed by atoms with Crippen molar-refractivity contribution >= 4 is 0 Å². The van der Waals surface area contributed by atoms with E-state index in [1.54, 1.807) is 0 Å². The lowest BCUT2D eigenvalue weighted by atomic mass is 9.64. The van der Waals surface area contributed by atoms with Crippen molar-refractivity contribution in [2.45, 2.75) is 53.4 Å². The zero-order valence-electron chi connectivity index (χ0n) is 8.48. The summed E-state index contributed by atoms with van der Waals surface area (Å²) in [5.41, 5.74) is 0.617. The van der Waals surface area contributed by atoms with Crippen LogP contribution in [-0.2, 0) is 0 Å². The smallest absolute Gasteiger partial charge is 0.0323 e. The molecule has 0 aromatic carbocycles. The average molecular weight is 154 g/mol. The van der Waals surface area contributed by atoms with Crippen molar-refractivity contribution in [1.82, 2.24) is 0 Å². The SMILES string of the molecule is CC(C)CC(C)(C)C1CCC1. The Morgan fingerprint density at radius 3 is 2.09 bits per heavy atom. The summed E-state index contributed by atoms with van der Waals surface area (Å²) in [6.45, 7) is 9.55. The van der Waals surface area contributed by atoms with Gasteiger partial charge in [0.25, 0.3) is 0 Å². The van der Waals surface area contributed by atoms with Gasteiger partial charge in [0, 0.05) is 0 Å². The maximum Gasteiger partial charge on any atom is -0.0323 e. The molecule has 11 heavy (non-hydrogen) atoms. The van der Waals surface area contributed by atoms with Crippen molar-refractivity contribution in [1.29, 1.82) is 0 Å². The first-order valence-electron chi connectivity index (χ1n) is 5.02. The van der Waals surface area contributed by atoms with Crippen LogP contribution in [0.5, 0.6) is 0 Å². The largest absolute Gasteiger partial charge is 0.0628 e. The predicted molar refractivity (Wildman–Crippen MR) is 50.6 cm³/mol. The Labute approximate surface area is 71.4 Å². The minimum absolute atomic E-state index is 0.617. The molecular formula is C11H22. The fourth-order valence-electron chi connectivity index (χ4n) is 2.41. The Morgan fingerprint density at radius 2 is 1.82 bits per heavy atom. The Balaban J connectivity index is 2.37. The summed E-state index contributed by atoms with van der Waals surface area (Å²) >= 11 is 0. The van der Waals surface area contributed by atoms with Gasteiger partial charge in [0.1, 0.15) is 0 Å². The van der Waals surface area contributed by atoms with Crippen LogP contribution in [0.1, 0.15) is 53.4 Å². The van der Waals surface area contributed by atoms with Crippen LogP contribution < -0.4 is 0 Å². The topological polar surface area (TPSA) is 0 Å². The molecule has 0 N–H and O–H groups in total. The Kier molecular flexibility index (Phi) is 2.61. The van der Waals surface area contributed by atoms with E-state index in [-0.39, 0.29) is 0 Å². The maximum absolute atomic E-state index is 2.44. The monoisotopic (exact) mass is 154 g/mol. The molecule has 0 saturated heterocycles. The number of hydrogen-bond donors (Lipinski definition) is 0. The standard InChI is InChI=1S/C11H22/c1-9(2)8-11(3,4)10-6-5-7-10/h9-10H,5-8H2,1-4H3. The Hall–Kier alpha value is 0. The zero-order chi connectivity index (χ0) is 8.48. The first-order chi connectivity index (χ1) is 5.02. The summed E-state index contributed by atoms with van der Waals surface area (Å²) in [6, 6.07) is 0. The predicted octanol–water partition coefficient (Wildman–Crippen LogP) is 3.86. The zero-order valence-corrected chi connectivity index (χ0v) is 8.48. The minimum atomic E-state index is 0.617. The van der Waals surface area contributed by atoms with Crippen molar-refractivity contribution in [2.75, 3.05) is 0 Å². The maximum atomic E-state index is 2.44. The molecule has 1 aliphatic carbocycles. The lowest BCUT2D eigenvalue weighted by Gasteiger charge is -2.41. The van der Waals surface area contributed by atoms with Gasteiger partial charge in [-0.05, 0) is 36.5 Å². The third-order valence-electron chi connectivity index (χ3n) is 3.14. The third-order valence-corrected chi connectivity index (χ3v) is 3.14. The number of hydrogen-bond acceptors (Lipinski definition) is 0. The molecule has 0 radical (unpaired) electrons. The highest BCUT2D eigenvalue weighted by Gasteiger charge is 2.33. The van der Waals surface area contributed by atoms with E-state index in [4.69, 9.17) is 0 Å². The van der Waals surface area contributed by atoms with E-state index in [2.05, 4.69) is 27.7 Å². The van der Waals surface area contributed by atoms with Crippen molar-refractivity contribution in [3.8, 4) is 0 Å². The van der Waals surface area contributed by atoms with Crippen molar-refractivity contribution < 1.29 is 0 Å². The molecule has 0 aliphatic heterocycles. The van der Waals surface area contributed by atoms with Gasteiger partial charge >= 0.3 is 0 Å². The second-order valence-electron chi connectivity index (χ2n) is 5.21. The molecule has 1 aliphatic rings. The van der Waals surface area contributed by atoms with Crippen molar-refractivity contribution in [2.24, 2.45) is 17.3 Å². The molecule has 0 bridgehead atoms. The highest BCUT2D eigenvalue weighted by molar-refractivity contribution is 4.84. The summed E-state index contributed by atoms with van der Waals surface area (Å²) in [5.74, 6) is 1.90. The molecule has 0 spiro atoms. The quantitative estimate of drug-likeness (QED) is 0.579. The summed E-state index contributed by atoms with van der Waals surface area (Å²) in [7, 11) is 0. The van der Waals surface area contributed by atoms with Crippen LogP contribution in [0, 0.1) is 17.3 Å². The normalized spacial score (nSPS) is 20.5. The van der Waals surface area contributed by atoms with E-state index in [9.17, 15) is 0 Å². The molecule has 0 unspecified atom stereocenters. The van der Waals surface area contributed by atoms with Crippen LogP contribution in [0.2, 0.25) is 0 Å². The molecule has 0 heteroatoms. The fourth-order valence-corrected chi connectivity index (χ4v) is 2.41. The first kappa shape index (κ1) is 9.09. The van der Waals surface area contributed by atoms with Gasteiger partial charge in [0.2, 0.25) is 0 Å². The molecular weight excluding hydrogens is 132 g/mol. The second kappa shape index (κ2) is 3.16. The van der Waals surface area contributed by atoms with Crippen molar-refractivity contribution in [3.63, 3.8) is 0 Å². The van der Waals surface area contributed by atoms with E-state index in [0.717, 1.165) is 11.8 Å². The molecule has 1 saturated carbocycles. The van der Waals surface area contributed by atoms with Gasteiger partial charge in [-0.1, -0.05) is 34.1 Å². The van der Waals surface area contributed by atoms with Crippen LogP contribution in [0.15, 0.2) is 0 Å². The third kappa shape index (κ3) is 2.21. The molecule has 0 aromatic rings. The molecule has 0 aromatic heterocycles. The Bertz CT molecular complexity index is 118. The van der Waals surface area contributed by atoms with E-state index in [1.165, 1.54) is 25.7 Å². The first-order valence-corrected chi connectivity index (χ1v) is 5.02. The molecule has 0 atom stereocenters. The fraction of sp³-hybridized carbons (Fsp3) is 1.00. The highest BCUT2D eigenvalue weighted by atomic mass is 14.4. The van der Waals surface area contributed by atoms with Gasteiger partial charge in [-0.3, -0.25) is 0 Å². The van der Waals surface area contributed by atoms with E-state index < -0.39 is 0 Å². The molecule has 0 heterocycles. The van der Waals surface area contributed by atoms with Gasteiger partial charge in [-0.2, -0.15) is 0 Å². The summed E-state index contributed by atoms with van der Waals surface area (Å²) < 4.78 is 0. The van der Waals surface area contributed by atoms with Gasteiger partial charge in [-0.25, -0.2) is 0 Å². The van der Waals surface area contributed by atoms with E-state index >= 15 is 0 Å². The van der Waals surface area contributed by atoms with Crippen LogP contribution in [0.3, 0.4) is 0 Å². The van der Waals surface area contributed by atoms with E-state index in [0.29, 0.717) is 5.41 Å². The van der Waals surface area contributed by atoms with Gasteiger partial charge < -0.3 is 0 Å². The highest BCUT2D eigenvalue weighted by Crippen LogP contribution is 2.45. The van der Waals surface area contributed by atoms with Gasteiger partial charge in [-0.15, -0.1) is 0 Å². The van der Waals surface area contributed by atoms with Crippen LogP contribution in [0.4, 0.5) is 0 Å². The molecule has 1 fully saturated rings. The Morgan fingerprint density at radius 1 is 1.27 bits per heavy atom. The van der Waals surface area contributed by atoms with Gasteiger partial charge in [0.05, 0.1) is 0 Å². The lowest BCUT2D eigenvalue weighted by molar-refractivity contribution is 0.0964. The number of rotatable bonds is 3. The second-order valence-corrected chi connectivity index (χ2v) is 5.21. The van der Waals surface area contributed by atoms with Crippen molar-refractivity contribution in [3.05, 3.63) is 0 Å². The van der Waals surface area contributed by atoms with Crippen LogP contribution in [0.25, 0.3) is 0 Å². The molecule has 66 valence electrons. The summed E-state index contributed by atoms with van der Waals surface area (Å²) in [6.07, 6.45) is 5.85. The average Bonchev–Trinajstić information content (AvgIpc) is 1.50. The molecule has 0 nitrogen and oxygen atoms in total. The summed E-state index contributed by atoms with van der Waals surface area (Å²) in [4.78, 5) is 0. The molecule has 0 amide bonds. The van der Waals surface area contributed by atoms with Crippen LogP contribution >= 0.6 is 0 Å². The van der Waals surface area contributed by atoms with Gasteiger partial charge in [0.15, 0.2) is 0 Å². The molecule has 1 rings (SSSR count). The van der Waals surface area contributed by atoms with Crippen LogP contribution in [-0.4, -0.2) is 0 Å².